The van der Waals surface area contributed by atoms with Crippen LogP contribution >= 0.6 is 27.3 Å². The summed E-state index contributed by atoms with van der Waals surface area (Å²) in [7, 11) is -3.74. The molecule has 148 valence electrons. The fraction of sp³-hybridized carbons (Fsp3) is 0.235. The van der Waals surface area contributed by atoms with Crippen molar-refractivity contribution in [1.29, 1.82) is 0 Å². The third kappa shape index (κ3) is 5.25. The maximum Gasteiger partial charge on any atom is 0.339 e. The van der Waals surface area contributed by atoms with E-state index >= 15 is 0 Å². The minimum Gasteiger partial charge on any atom is -0.452 e. The van der Waals surface area contributed by atoms with E-state index in [0.29, 0.717) is 9.35 Å². The van der Waals surface area contributed by atoms with Crippen LogP contribution in [0.2, 0.25) is 0 Å². The highest BCUT2D eigenvalue weighted by Crippen LogP contribution is 2.25. The van der Waals surface area contributed by atoms with Crippen molar-refractivity contribution < 1.29 is 27.5 Å². The number of sulfonamides is 1. The van der Waals surface area contributed by atoms with Gasteiger partial charge >= 0.3 is 5.97 Å². The van der Waals surface area contributed by atoms with Gasteiger partial charge in [0, 0.05) is 10.5 Å². The van der Waals surface area contributed by atoms with Crippen LogP contribution in [0.25, 0.3) is 0 Å². The van der Waals surface area contributed by atoms with Crippen LogP contribution in [0, 0.1) is 0 Å². The van der Waals surface area contributed by atoms with Gasteiger partial charge in [-0.25, -0.2) is 17.9 Å². The van der Waals surface area contributed by atoms with Gasteiger partial charge in [-0.3, -0.25) is 14.9 Å². The van der Waals surface area contributed by atoms with E-state index in [1.54, 1.807) is 17.5 Å². The largest absolute Gasteiger partial charge is 0.452 e. The van der Waals surface area contributed by atoms with Crippen LogP contribution in [0.5, 0.6) is 0 Å². The lowest BCUT2D eigenvalue weighted by Crippen LogP contribution is -2.33. The zero-order valence-electron chi connectivity index (χ0n) is 14.3. The number of hydrogen-bond acceptors (Lipinski definition) is 7. The summed E-state index contributed by atoms with van der Waals surface area (Å²) in [5.74, 6) is -2.27. The normalized spacial score (nSPS) is 13.8. The number of thiophene rings is 1. The predicted molar refractivity (Wildman–Crippen MR) is 105 cm³/mol. The zero-order chi connectivity index (χ0) is 20.3. The molecule has 3 rings (SSSR count). The van der Waals surface area contributed by atoms with E-state index in [-0.39, 0.29) is 16.5 Å². The molecule has 0 aliphatic heterocycles. The molecule has 0 spiro atoms. The third-order valence-corrected chi connectivity index (χ3v) is 6.78. The average Bonchev–Trinajstić information content (AvgIpc) is 3.26. The number of imide groups is 1. The van der Waals surface area contributed by atoms with Gasteiger partial charge in [-0.1, -0.05) is 6.07 Å². The molecule has 1 heterocycles. The molecular formula is C17H15BrN2O6S2. The summed E-state index contributed by atoms with van der Waals surface area (Å²) in [5, 5.41) is 3.80. The number of halogens is 1. The first kappa shape index (κ1) is 20.6. The fourth-order valence-electron chi connectivity index (χ4n) is 2.16. The van der Waals surface area contributed by atoms with Crippen molar-refractivity contribution in [2.45, 2.75) is 23.8 Å². The van der Waals surface area contributed by atoms with Crippen LogP contribution in [0.3, 0.4) is 0 Å². The van der Waals surface area contributed by atoms with Gasteiger partial charge in [0.2, 0.25) is 10.0 Å². The number of esters is 1. The number of hydrogen-bond donors (Lipinski definition) is 2. The van der Waals surface area contributed by atoms with Crippen LogP contribution < -0.4 is 10.0 Å². The van der Waals surface area contributed by atoms with Crippen molar-refractivity contribution in [3.8, 4) is 0 Å². The first-order chi connectivity index (χ1) is 13.3. The van der Waals surface area contributed by atoms with E-state index in [4.69, 9.17) is 4.74 Å². The third-order valence-electron chi connectivity index (χ3n) is 3.70. The molecule has 0 radical (unpaired) electrons. The van der Waals surface area contributed by atoms with Crippen molar-refractivity contribution in [3.05, 3.63) is 50.6 Å². The highest BCUT2D eigenvalue weighted by Gasteiger charge is 2.29. The molecule has 2 amide bonds. The second-order valence-electron chi connectivity index (χ2n) is 5.97. The first-order valence-electron chi connectivity index (χ1n) is 8.13. The Morgan fingerprint density at radius 3 is 2.61 bits per heavy atom. The number of carbonyl (C=O) groups is 3. The van der Waals surface area contributed by atoms with Gasteiger partial charge in [-0.05, 0) is 58.4 Å². The number of amides is 2. The minimum absolute atomic E-state index is 0.0453. The molecule has 1 aromatic carbocycles. The van der Waals surface area contributed by atoms with E-state index < -0.39 is 34.4 Å². The summed E-state index contributed by atoms with van der Waals surface area (Å²) >= 11 is 4.33. The molecule has 1 aliphatic rings. The number of rotatable bonds is 7. The molecule has 8 nitrogen and oxygen atoms in total. The van der Waals surface area contributed by atoms with E-state index in [0.717, 1.165) is 12.8 Å². The molecule has 1 aromatic heterocycles. The Hall–Kier alpha value is -2.08. The Morgan fingerprint density at radius 2 is 1.96 bits per heavy atom. The summed E-state index contributed by atoms with van der Waals surface area (Å²) < 4.78 is 32.3. The van der Waals surface area contributed by atoms with Crippen molar-refractivity contribution >= 4 is 55.1 Å². The molecule has 0 bridgehead atoms. The van der Waals surface area contributed by atoms with E-state index in [1.165, 1.54) is 29.5 Å². The van der Waals surface area contributed by atoms with Crippen LogP contribution in [-0.4, -0.2) is 38.9 Å². The van der Waals surface area contributed by atoms with E-state index in [2.05, 4.69) is 26.0 Å². The summed E-state index contributed by atoms with van der Waals surface area (Å²) in [4.78, 5) is 36.1. The summed E-state index contributed by atoms with van der Waals surface area (Å²) in [6.45, 7) is -0.681. The average molecular weight is 487 g/mol. The molecule has 1 fully saturated rings. The van der Waals surface area contributed by atoms with Crippen molar-refractivity contribution in [2.75, 3.05) is 6.61 Å². The van der Waals surface area contributed by atoms with Gasteiger partial charge < -0.3 is 4.74 Å². The molecule has 1 aliphatic carbocycles. The van der Waals surface area contributed by atoms with Gasteiger partial charge in [0.15, 0.2) is 6.61 Å². The summed E-state index contributed by atoms with van der Waals surface area (Å²) in [6, 6.07) is 7.09. The lowest BCUT2D eigenvalue weighted by Gasteiger charge is -2.10. The Kier molecular flexibility index (Phi) is 6.28. The SMILES string of the molecule is O=C(COC(=O)c1cc(S(=O)(=O)NC2CC2)ccc1Br)NC(=O)c1cccs1. The van der Waals surface area contributed by atoms with Crippen LogP contribution in [0.15, 0.2) is 45.1 Å². The Balaban J connectivity index is 1.62. The summed E-state index contributed by atoms with van der Waals surface area (Å²) in [5.41, 5.74) is -0.0453. The fourth-order valence-corrected chi connectivity index (χ4v) is 4.52. The first-order valence-corrected chi connectivity index (χ1v) is 11.3. The molecule has 2 aromatic rings. The molecule has 28 heavy (non-hydrogen) atoms. The second kappa shape index (κ2) is 8.52. The topological polar surface area (TPSA) is 119 Å². The Labute approximate surface area is 173 Å². The molecule has 0 atom stereocenters. The van der Waals surface area contributed by atoms with Crippen molar-refractivity contribution in [1.82, 2.24) is 10.0 Å². The van der Waals surface area contributed by atoms with Gasteiger partial charge in [-0.15, -0.1) is 11.3 Å². The Morgan fingerprint density at radius 1 is 1.21 bits per heavy atom. The zero-order valence-corrected chi connectivity index (χ0v) is 17.5. The maximum atomic E-state index is 12.3. The molecular weight excluding hydrogens is 472 g/mol. The Bertz CT molecular complexity index is 1020. The van der Waals surface area contributed by atoms with Crippen LogP contribution in [0.1, 0.15) is 32.9 Å². The molecule has 11 heteroatoms. The van der Waals surface area contributed by atoms with E-state index in [9.17, 15) is 22.8 Å². The molecule has 0 unspecified atom stereocenters. The number of carbonyl (C=O) groups excluding carboxylic acids is 3. The molecule has 0 saturated heterocycles. The predicted octanol–water partition coefficient (Wildman–Crippen LogP) is 2.06. The standard InChI is InChI=1S/C17H15BrN2O6S2/c18-13-6-5-11(28(24,25)20-10-3-4-10)8-12(13)17(23)26-9-15(21)19-16(22)14-2-1-7-27-14/h1-2,5-8,10,20H,3-4,9H2,(H,19,21,22). The lowest BCUT2D eigenvalue weighted by atomic mass is 10.2. The number of ether oxygens (including phenoxy) is 1. The molecule has 2 N–H and O–H groups in total. The lowest BCUT2D eigenvalue weighted by molar-refractivity contribution is -0.123. The van der Waals surface area contributed by atoms with Crippen molar-refractivity contribution in [3.63, 3.8) is 0 Å². The van der Waals surface area contributed by atoms with Gasteiger partial charge in [-0.2, -0.15) is 0 Å². The minimum atomic E-state index is -3.74. The smallest absolute Gasteiger partial charge is 0.339 e. The van der Waals surface area contributed by atoms with Gasteiger partial charge in [0.1, 0.15) is 0 Å². The van der Waals surface area contributed by atoms with Crippen LogP contribution in [0.4, 0.5) is 0 Å². The van der Waals surface area contributed by atoms with E-state index in [1.807, 2.05) is 0 Å². The van der Waals surface area contributed by atoms with Crippen molar-refractivity contribution in [2.24, 2.45) is 0 Å². The van der Waals surface area contributed by atoms with Crippen LogP contribution in [-0.2, 0) is 19.6 Å². The number of benzene rings is 1. The summed E-state index contributed by atoms with van der Waals surface area (Å²) in [6.07, 6.45) is 1.56. The highest BCUT2D eigenvalue weighted by molar-refractivity contribution is 9.10. The van der Waals surface area contributed by atoms with Gasteiger partial charge in [0.25, 0.3) is 11.8 Å². The van der Waals surface area contributed by atoms with Gasteiger partial charge in [0.05, 0.1) is 15.3 Å². The quantitative estimate of drug-likeness (QED) is 0.578. The maximum absolute atomic E-state index is 12.3. The highest BCUT2D eigenvalue weighted by atomic mass is 79.9. The second-order valence-corrected chi connectivity index (χ2v) is 9.48. The monoisotopic (exact) mass is 486 g/mol. The molecule has 1 saturated carbocycles. The number of nitrogens with one attached hydrogen (secondary N) is 2.